The van der Waals surface area contributed by atoms with Crippen molar-refractivity contribution >= 4 is 40.5 Å². The monoisotopic (exact) mass is 479 g/mol. The van der Waals surface area contributed by atoms with Gasteiger partial charge in [0.1, 0.15) is 11.4 Å². The van der Waals surface area contributed by atoms with Gasteiger partial charge in [-0.15, -0.1) is 0 Å². The summed E-state index contributed by atoms with van der Waals surface area (Å²) in [6.45, 7) is 2.75. The molecule has 2 aliphatic heterocycles. The number of nitrogens with two attached hydrogens (primary N) is 2. The number of rotatable bonds is 5. The number of aryl methyl sites for hydroxylation is 1. The Morgan fingerprint density at radius 1 is 1.06 bits per heavy atom. The number of primary amides is 1. The molecule has 2 aromatic rings. The fraction of sp³-hybridized carbons (Fsp3) is 0.280. The quantitative estimate of drug-likeness (QED) is 0.636. The number of hydrogen-bond acceptors (Lipinski definition) is 6. The molecule has 0 atom stereocenters. The van der Waals surface area contributed by atoms with E-state index >= 15 is 0 Å². The number of amides is 3. The molecule has 9 nitrogen and oxygen atoms in total. The van der Waals surface area contributed by atoms with Crippen molar-refractivity contribution in [3.05, 3.63) is 59.0 Å². The summed E-state index contributed by atoms with van der Waals surface area (Å²) in [5, 5.41) is 0. The second-order valence-electron chi connectivity index (χ2n) is 8.36. The number of carbonyl (C=O) groups is 3. The average molecular weight is 480 g/mol. The third-order valence-corrected chi connectivity index (χ3v) is 6.14. The van der Waals surface area contributed by atoms with Gasteiger partial charge < -0.3 is 26.0 Å². The standard InChI is InChI=1S/C25H26FN5O4/c1-14-12-16(30-10-3-4-21(30)32)6-7-19(14)31-11-9-17(22(27)24(28)33)23(25(31)34)29-15-5-8-20(35-2)18(26)13-15/h5-8,12-13H,3-4,9-11,27H2,1-2H3,(H2,28,33). The van der Waals surface area contributed by atoms with E-state index < -0.39 is 17.6 Å². The molecule has 2 fully saturated rings. The summed E-state index contributed by atoms with van der Waals surface area (Å²) in [5.74, 6) is -1.91. The number of methoxy groups -OCH3 is 1. The van der Waals surface area contributed by atoms with Crippen molar-refractivity contribution in [1.29, 1.82) is 0 Å². The summed E-state index contributed by atoms with van der Waals surface area (Å²) in [6, 6.07) is 9.46. The largest absolute Gasteiger partial charge is 0.494 e. The van der Waals surface area contributed by atoms with Crippen LogP contribution in [-0.4, -0.2) is 43.6 Å². The van der Waals surface area contributed by atoms with Crippen molar-refractivity contribution in [2.75, 3.05) is 30.0 Å². The minimum Gasteiger partial charge on any atom is -0.494 e. The zero-order chi connectivity index (χ0) is 25.3. The molecule has 4 rings (SSSR count). The Labute approximate surface area is 201 Å². The summed E-state index contributed by atoms with van der Waals surface area (Å²) < 4.78 is 19.2. The summed E-state index contributed by atoms with van der Waals surface area (Å²) in [5.41, 5.74) is 13.5. The van der Waals surface area contributed by atoms with Gasteiger partial charge in [0, 0.05) is 42.5 Å². The number of carbonyl (C=O) groups excluding carboxylic acids is 3. The maximum absolute atomic E-state index is 14.2. The van der Waals surface area contributed by atoms with Crippen molar-refractivity contribution in [3.63, 3.8) is 0 Å². The molecule has 0 spiro atoms. The smallest absolute Gasteiger partial charge is 0.277 e. The molecule has 35 heavy (non-hydrogen) atoms. The molecule has 0 unspecified atom stereocenters. The molecule has 2 aliphatic rings. The molecule has 0 aromatic heterocycles. The van der Waals surface area contributed by atoms with E-state index in [0.29, 0.717) is 18.7 Å². The number of halogens is 1. The van der Waals surface area contributed by atoms with Crippen LogP contribution in [0.2, 0.25) is 0 Å². The van der Waals surface area contributed by atoms with E-state index in [1.54, 1.807) is 17.0 Å². The van der Waals surface area contributed by atoms with Crippen LogP contribution in [0.3, 0.4) is 0 Å². The predicted molar refractivity (Wildman–Crippen MR) is 130 cm³/mol. The lowest BCUT2D eigenvalue weighted by Crippen LogP contribution is -2.45. The second-order valence-corrected chi connectivity index (χ2v) is 8.36. The van der Waals surface area contributed by atoms with Crippen LogP contribution in [0.1, 0.15) is 24.8 Å². The number of nitrogens with zero attached hydrogens (tertiary/aromatic N) is 3. The normalized spacial score (nSPS) is 18.9. The first-order valence-electron chi connectivity index (χ1n) is 11.1. The lowest BCUT2D eigenvalue weighted by molar-refractivity contribution is -0.117. The second kappa shape index (κ2) is 9.57. The molecule has 0 saturated carbocycles. The van der Waals surface area contributed by atoms with Gasteiger partial charge in [0.05, 0.1) is 12.8 Å². The van der Waals surface area contributed by atoms with Crippen molar-refractivity contribution in [2.45, 2.75) is 26.2 Å². The van der Waals surface area contributed by atoms with E-state index in [0.717, 1.165) is 23.7 Å². The maximum atomic E-state index is 14.2. The van der Waals surface area contributed by atoms with Crippen LogP contribution in [-0.2, 0) is 14.4 Å². The van der Waals surface area contributed by atoms with Gasteiger partial charge in [-0.2, -0.15) is 0 Å². The number of aliphatic imine (C=N–C) groups is 1. The molecule has 2 saturated heterocycles. The molecule has 0 radical (unpaired) electrons. The minimum absolute atomic E-state index is 0.0326. The van der Waals surface area contributed by atoms with Crippen molar-refractivity contribution < 1.29 is 23.5 Å². The molecule has 3 amide bonds. The first-order chi connectivity index (χ1) is 16.7. The fourth-order valence-corrected chi connectivity index (χ4v) is 4.34. The Hall–Kier alpha value is -4.21. The van der Waals surface area contributed by atoms with Crippen LogP contribution in [0.15, 0.2) is 52.7 Å². The predicted octanol–water partition coefficient (Wildman–Crippen LogP) is 2.48. The highest BCUT2D eigenvalue weighted by atomic mass is 19.1. The highest BCUT2D eigenvalue weighted by Crippen LogP contribution is 2.32. The zero-order valence-corrected chi connectivity index (χ0v) is 19.5. The number of piperidine rings is 1. The molecule has 0 aliphatic carbocycles. The van der Waals surface area contributed by atoms with Gasteiger partial charge in [0.15, 0.2) is 11.6 Å². The first-order valence-corrected chi connectivity index (χ1v) is 11.1. The number of benzene rings is 2. The number of ether oxygens (including phenoxy) is 1. The molecule has 4 N–H and O–H groups in total. The van der Waals surface area contributed by atoms with Gasteiger partial charge in [-0.25, -0.2) is 9.38 Å². The topological polar surface area (TPSA) is 131 Å². The van der Waals surface area contributed by atoms with Crippen LogP contribution >= 0.6 is 0 Å². The van der Waals surface area contributed by atoms with E-state index in [9.17, 15) is 18.8 Å². The van der Waals surface area contributed by atoms with Crippen LogP contribution in [0.5, 0.6) is 5.75 Å². The zero-order valence-electron chi connectivity index (χ0n) is 19.5. The lowest BCUT2D eigenvalue weighted by Gasteiger charge is -2.31. The van der Waals surface area contributed by atoms with Gasteiger partial charge in [-0.3, -0.25) is 14.4 Å². The third kappa shape index (κ3) is 4.59. The molecule has 10 heteroatoms. The Morgan fingerprint density at radius 3 is 2.43 bits per heavy atom. The van der Waals surface area contributed by atoms with Crippen molar-refractivity contribution in [3.8, 4) is 5.75 Å². The molecule has 182 valence electrons. The maximum Gasteiger partial charge on any atom is 0.277 e. The summed E-state index contributed by atoms with van der Waals surface area (Å²) in [7, 11) is 1.34. The van der Waals surface area contributed by atoms with E-state index in [1.807, 2.05) is 13.0 Å². The molecular weight excluding hydrogens is 453 g/mol. The molecule has 2 aromatic carbocycles. The highest BCUT2D eigenvalue weighted by Gasteiger charge is 2.33. The van der Waals surface area contributed by atoms with E-state index in [1.165, 1.54) is 24.1 Å². The Morgan fingerprint density at radius 2 is 1.83 bits per heavy atom. The molecule has 0 bridgehead atoms. The third-order valence-electron chi connectivity index (χ3n) is 6.14. The van der Waals surface area contributed by atoms with Crippen LogP contribution in [0, 0.1) is 12.7 Å². The van der Waals surface area contributed by atoms with E-state index in [2.05, 4.69) is 4.99 Å². The van der Waals surface area contributed by atoms with Crippen LogP contribution in [0.25, 0.3) is 0 Å². The Kier molecular flexibility index (Phi) is 6.54. The van der Waals surface area contributed by atoms with E-state index in [-0.39, 0.29) is 47.3 Å². The number of hydrogen-bond donors (Lipinski definition) is 2. The van der Waals surface area contributed by atoms with Gasteiger partial charge >= 0.3 is 0 Å². The molecule has 2 heterocycles. The van der Waals surface area contributed by atoms with Gasteiger partial charge in [0.2, 0.25) is 5.91 Å². The highest BCUT2D eigenvalue weighted by molar-refractivity contribution is 6.51. The first kappa shape index (κ1) is 23.9. The SMILES string of the molecule is COc1ccc(N=C2C(=O)N(c3ccc(N4CCCC4=O)cc3C)CCC2=C(N)C(N)=O)cc1F. The summed E-state index contributed by atoms with van der Waals surface area (Å²) in [4.78, 5) is 45.1. The van der Waals surface area contributed by atoms with Crippen molar-refractivity contribution in [1.82, 2.24) is 0 Å². The Balaban J connectivity index is 1.74. The van der Waals surface area contributed by atoms with Crippen LogP contribution < -0.4 is 26.0 Å². The average Bonchev–Trinajstić information content (AvgIpc) is 3.26. The lowest BCUT2D eigenvalue weighted by atomic mass is 9.96. The molecular formula is C25H26FN5O4. The van der Waals surface area contributed by atoms with Crippen LogP contribution in [0.4, 0.5) is 21.5 Å². The Bertz CT molecular complexity index is 1290. The number of anilines is 2. The van der Waals surface area contributed by atoms with E-state index in [4.69, 9.17) is 16.2 Å². The minimum atomic E-state index is -0.870. The van der Waals surface area contributed by atoms with Gasteiger partial charge in [0.25, 0.3) is 11.8 Å². The van der Waals surface area contributed by atoms with Crippen molar-refractivity contribution in [2.24, 2.45) is 16.5 Å². The fourth-order valence-electron chi connectivity index (χ4n) is 4.34. The summed E-state index contributed by atoms with van der Waals surface area (Å²) in [6.07, 6.45) is 1.56. The summed E-state index contributed by atoms with van der Waals surface area (Å²) >= 11 is 0. The van der Waals surface area contributed by atoms with Gasteiger partial charge in [-0.1, -0.05) is 0 Å². The van der Waals surface area contributed by atoms with Gasteiger partial charge in [-0.05, 0) is 55.7 Å².